The van der Waals surface area contributed by atoms with E-state index in [9.17, 15) is 14.4 Å². The van der Waals surface area contributed by atoms with Gasteiger partial charge in [-0.3, -0.25) is 15.0 Å². The van der Waals surface area contributed by atoms with Gasteiger partial charge < -0.3 is 19.2 Å². The molecule has 3 aromatic rings. The van der Waals surface area contributed by atoms with E-state index in [1.165, 1.54) is 7.11 Å². The van der Waals surface area contributed by atoms with Gasteiger partial charge in [-0.2, -0.15) is 5.01 Å². The highest BCUT2D eigenvalue weighted by Crippen LogP contribution is 2.34. The summed E-state index contributed by atoms with van der Waals surface area (Å²) in [5.74, 6) is -0.00315. The van der Waals surface area contributed by atoms with Gasteiger partial charge in [0.15, 0.2) is 0 Å². The lowest BCUT2D eigenvalue weighted by Gasteiger charge is -2.25. The number of amides is 4. The summed E-state index contributed by atoms with van der Waals surface area (Å²) in [4.78, 5) is 38.1. The molecule has 1 aliphatic rings. The van der Waals surface area contributed by atoms with Crippen molar-refractivity contribution in [1.29, 1.82) is 0 Å². The Labute approximate surface area is 205 Å². The fourth-order valence-corrected chi connectivity index (χ4v) is 4.23. The van der Waals surface area contributed by atoms with E-state index in [0.717, 1.165) is 11.8 Å². The Bertz CT molecular complexity index is 1250. The van der Waals surface area contributed by atoms with Crippen LogP contribution in [0.15, 0.2) is 58.2 Å². The lowest BCUT2D eigenvalue weighted by atomic mass is 9.87. The minimum absolute atomic E-state index is 0.136. The van der Waals surface area contributed by atoms with Gasteiger partial charge >= 0.3 is 6.03 Å². The molecule has 1 unspecified atom stereocenters. The number of thioether (sulfide) groups is 1. The SMILES string of the molecule is CCC1(c2ccccc2)NC(=O)N(NC(=O)CSc2nnc(-c3ccc(OC)cc3OC)o2)C1=O. The maximum absolute atomic E-state index is 13.1. The van der Waals surface area contributed by atoms with Crippen LogP contribution in [-0.2, 0) is 15.1 Å². The van der Waals surface area contributed by atoms with E-state index in [2.05, 4.69) is 20.9 Å². The van der Waals surface area contributed by atoms with Crippen LogP contribution in [0.5, 0.6) is 11.5 Å². The minimum atomic E-state index is -1.24. The third kappa shape index (κ3) is 4.64. The van der Waals surface area contributed by atoms with Crippen molar-refractivity contribution in [1.82, 2.24) is 25.9 Å². The zero-order valence-electron chi connectivity index (χ0n) is 19.2. The first kappa shape index (κ1) is 24.1. The second-order valence-electron chi connectivity index (χ2n) is 7.46. The lowest BCUT2D eigenvalue weighted by Crippen LogP contribution is -2.49. The maximum Gasteiger partial charge on any atom is 0.344 e. The van der Waals surface area contributed by atoms with Crippen LogP contribution >= 0.6 is 11.8 Å². The molecule has 2 N–H and O–H groups in total. The van der Waals surface area contributed by atoms with E-state index in [-0.39, 0.29) is 16.9 Å². The van der Waals surface area contributed by atoms with Crippen molar-refractivity contribution in [2.24, 2.45) is 0 Å². The van der Waals surface area contributed by atoms with Crippen LogP contribution in [0.4, 0.5) is 4.79 Å². The van der Waals surface area contributed by atoms with Crippen molar-refractivity contribution in [2.45, 2.75) is 24.1 Å². The number of urea groups is 1. The van der Waals surface area contributed by atoms with Crippen LogP contribution in [0.25, 0.3) is 11.5 Å². The number of rotatable bonds is 9. The first-order valence-corrected chi connectivity index (χ1v) is 11.6. The Morgan fingerprint density at radius 1 is 1.14 bits per heavy atom. The van der Waals surface area contributed by atoms with Gasteiger partial charge in [0.2, 0.25) is 5.91 Å². The average Bonchev–Trinajstić information content (AvgIpc) is 3.46. The van der Waals surface area contributed by atoms with Gasteiger partial charge in [0.1, 0.15) is 17.0 Å². The molecule has 2 heterocycles. The first-order valence-electron chi connectivity index (χ1n) is 10.6. The Morgan fingerprint density at radius 3 is 2.60 bits per heavy atom. The Hall–Kier alpha value is -4.06. The van der Waals surface area contributed by atoms with Crippen LogP contribution in [0.3, 0.4) is 0 Å². The van der Waals surface area contributed by atoms with E-state index in [1.807, 2.05) is 6.07 Å². The van der Waals surface area contributed by atoms with Crippen LogP contribution in [0.2, 0.25) is 0 Å². The summed E-state index contributed by atoms with van der Waals surface area (Å²) in [5, 5.41) is 11.5. The molecule has 4 amide bonds. The number of benzene rings is 2. The normalized spacial score (nSPS) is 17.3. The van der Waals surface area contributed by atoms with Crippen molar-refractivity contribution < 1.29 is 28.3 Å². The molecule has 0 aliphatic carbocycles. The monoisotopic (exact) mass is 497 g/mol. The molecule has 182 valence electrons. The van der Waals surface area contributed by atoms with Gasteiger partial charge in [0, 0.05) is 6.07 Å². The van der Waals surface area contributed by atoms with E-state index in [0.29, 0.717) is 34.1 Å². The molecule has 0 radical (unpaired) electrons. The first-order chi connectivity index (χ1) is 16.9. The summed E-state index contributed by atoms with van der Waals surface area (Å²) < 4.78 is 16.2. The third-order valence-electron chi connectivity index (χ3n) is 5.50. The van der Waals surface area contributed by atoms with E-state index >= 15 is 0 Å². The van der Waals surface area contributed by atoms with Crippen LogP contribution in [-0.4, -0.2) is 53.0 Å². The number of methoxy groups -OCH3 is 2. The van der Waals surface area contributed by atoms with Crippen molar-refractivity contribution in [2.75, 3.05) is 20.0 Å². The molecule has 0 saturated carbocycles. The number of carbonyl (C=O) groups is 3. The molecule has 1 atom stereocenters. The van der Waals surface area contributed by atoms with Gasteiger partial charge in [-0.1, -0.05) is 49.0 Å². The topological polar surface area (TPSA) is 136 Å². The molecular weight excluding hydrogens is 474 g/mol. The third-order valence-corrected chi connectivity index (χ3v) is 6.32. The predicted octanol–water partition coefficient (Wildman–Crippen LogP) is 2.73. The largest absolute Gasteiger partial charge is 0.497 e. The van der Waals surface area contributed by atoms with Gasteiger partial charge in [0.25, 0.3) is 17.0 Å². The number of hydrogen-bond donors (Lipinski definition) is 2. The number of carbonyl (C=O) groups excluding carboxylic acids is 3. The zero-order valence-corrected chi connectivity index (χ0v) is 20.0. The molecule has 0 bridgehead atoms. The molecule has 1 fully saturated rings. The fourth-order valence-electron chi connectivity index (χ4n) is 3.68. The molecule has 11 nitrogen and oxygen atoms in total. The Morgan fingerprint density at radius 2 is 1.91 bits per heavy atom. The molecule has 2 aromatic carbocycles. The van der Waals surface area contributed by atoms with Crippen LogP contribution in [0.1, 0.15) is 18.9 Å². The molecule has 1 aromatic heterocycles. The highest BCUT2D eigenvalue weighted by molar-refractivity contribution is 7.99. The summed E-state index contributed by atoms with van der Waals surface area (Å²) in [6.07, 6.45) is 0.322. The average molecular weight is 498 g/mol. The quantitative estimate of drug-likeness (QED) is 0.338. The van der Waals surface area contributed by atoms with Crippen molar-refractivity contribution >= 4 is 29.6 Å². The standard InChI is InChI=1S/C23H23N5O6S/c1-4-23(14-8-6-5-7-9-14)20(30)28(21(31)24-23)27-18(29)13-35-22-26-25-19(34-22)16-11-10-15(32-2)12-17(16)33-3/h5-12H,4,13H2,1-3H3,(H,24,31)(H,27,29). The molecule has 12 heteroatoms. The summed E-state index contributed by atoms with van der Waals surface area (Å²) in [5.41, 5.74) is 2.33. The Kier molecular flexibility index (Phi) is 6.92. The number of nitrogens with zero attached hydrogens (tertiary/aromatic N) is 3. The van der Waals surface area contributed by atoms with Gasteiger partial charge in [0.05, 0.1) is 25.5 Å². The summed E-state index contributed by atoms with van der Waals surface area (Å²) in [6.45, 7) is 1.79. The van der Waals surface area contributed by atoms with Gasteiger partial charge in [-0.05, 0) is 24.1 Å². The van der Waals surface area contributed by atoms with E-state index in [1.54, 1.807) is 56.5 Å². The number of hydrogen-bond acceptors (Lipinski definition) is 9. The van der Waals surface area contributed by atoms with Crippen LogP contribution < -0.4 is 20.2 Å². The lowest BCUT2D eigenvalue weighted by molar-refractivity contribution is -0.138. The highest BCUT2D eigenvalue weighted by Gasteiger charge is 2.52. The smallest absolute Gasteiger partial charge is 0.344 e. The van der Waals surface area contributed by atoms with E-state index < -0.39 is 23.4 Å². The van der Waals surface area contributed by atoms with Gasteiger partial charge in [-0.25, -0.2) is 4.79 Å². The second kappa shape index (κ2) is 10.1. The summed E-state index contributed by atoms with van der Waals surface area (Å²) in [6, 6.07) is 13.3. The molecule has 35 heavy (non-hydrogen) atoms. The summed E-state index contributed by atoms with van der Waals surface area (Å²) in [7, 11) is 3.06. The number of aromatic nitrogens is 2. The minimum Gasteiger partial charge on any atom is -0.497 e. The second-order valence-corrected chi connectivity index (χ2v) is 8.39. The zero-order chi connectivity index (χ0) is 25.0. The maximum atomic E-state index is 13.1. The molecule has 4 rings (SSSR count). The van der Waals surface area contributed by atoms with E-state index in [4.69, 9.17) is 13.9 Å². The van der Waals surface area contributed by atoms with Gasteiger partial charge in [-0.15, -0.1) is 10.2 Å². The molecule has 1 aliphatic heterocycles. The van der Waals surface area contributed by atoms with Crippen molar-refractivity contribution in [3.05, 3.63) is 54.1 Å². The number of ether oxygens (including phenoxy) is 2. The fraction of sp³-hybridized carbons (Fsp3) is 0.261. The predicted molar refractivity (Wildman–Crippen MR) is 125 cm³/mol. The Balaban J connectivity index is 1.40. The van der Waals surface area contributed by atoms with Crippen molar-refractivity contribution in [3.63, 3.8) is 0 Å². The number of hydrazine groups is 1. The number of imide groups is 1. The molecule has 0 spiro atoms. The molecular formula is C23H23N5O6S. The highest BCUT2D eigenvalue weighted by atomic mass is 32.2. The van der Waals surface area contributed by atoms with Crippen molar-refractivity contribution in [3.8, 4) is 23.0 Å². The summed E-state index contributed by atoms with van der Waals surface area (Å²) >= 11 is 0.965. The number of nitrogens with one attached hydrogen (secondary N) is 2. The molecule has 1 saturated heterocycles. The van der Waals surface area contributed by atoms with Crippen LogP contribution in [0, 0.1) is 0 Å².